The summed E-state index contributed by atoms with van der Waals surface area (Å²) in [7, 11) is 2.05. The largest absolute Gasteiger partial charge is 0.392 e. The molecule has 2 rings (SSSR count). The molecule has 0 saturated carbocycles. The Labute approximate surface area is 112 Å². The average Bonchev–Trinajstić information content (AvgIpc) is 2.90. The summed E-state index contributed by atoms with van der Waals surface area (Å²) in [6, 6.07) is 6.51. The molecule has 2 heterocycles. The SMILES string of the molecule is Cc1cc(N(C)C(C)c2cccs2)c(CO)cn1. The Kier molecular flexibility index (Phi) is 3.99. The minimum atomic E-state index is 0.0180. The van der Waals surface area contributed by atoms with Crippen molar-refractivity contribution >= 4 is 17.0 Å². The molecule has 2 aromatic heterocycles. The lowest BCUT2D eigenvalue weighted by atomic mass is 10.1. The number of thiophene rings is 1. The van der Waals surface area contributed by atoms with Gasteiger partial charge in [-0.25, -0.2) is 0 Å². The minimum absolute atomic E-state index is 0.0180. The zero-order valence-electron chi connectivity index (χ0n) is 10.9. The molecule has 0 amide bonds. The lowest BCUT2D eigenvalue weighted by Crippen LogP contribution is -2.22. The molecule has 1 unspecified atom stereocenters. The summed E-state index contributed by atoms with van der Waals surface area (Å²) in [6.07, 6.45) is 1.75. The second-order valence-electron chi connectivity index (χ2n) is 4.41. The molecule has 0 saturated heterocycles. The summed E-state index contributed by atoms with van der Waals surface area (Å²) in [4.78, 5) is 7.73. The third-order valence-electron chi connectivity index (χ3n) is 3.18. The Hall–Kier alpha value is -1.39. The summed E-state index contributed by atoms with van der Waals surface area (Å²) in [5.41, 5.74) is 2.88. The quantitative estimate of drug-likeness (QED) is 0.919. The summed E-state index contributed by atoms with van der Waals surface area (Å²) in [6.45, 7) is 4.15. The lowest BCUT2D eigenvalue weighted by molar-refractivity contribution is 0.281. The molecule has 96 valence electrons. The summed E-state index contributed by atoms with van der Waals surface area (Å²) in [5, 5.41) is 11.5. The van der Waals surface area contributed by atoms with E-state index in [-0.39, 0.29) is 12.6 Å². The Balaban J connectivity index is 2.33. The zero-order valence-corrected chi connectivity index (χ0v) is 11.7. The molecule has 0 spiro atoms. The van der Waals surface area contributed by atoms with E-state index in [0.717, 1.165) is 16.9 Å². The molecule has 18 heavy (non-hydrogen) atoms. The van der Waals surface area contributed by atoms with Gasteiger partial charge in [-0.1, -0.05) is 6.07 Å². The first-order chi connectivity index (χ1) is 8.63. The number of aliphatic hydroxyl groups is 1. The van der Waals surface area contributed by atoms with Crippen LogP contribution in [-0.2, 0) is 6.61 Å². The monoisotopic (exact) mass is 262 g/mol. The van der Waals surface area contributed by atoms with Crippen molar-refractivity contribution in [1.29, 1.82) is 0 Å². The summed E-state index contributed by atoms with van der Waals surface area (Å²) >= 11 is 1.75. The predicted octanol–water partition coefficient (Wildman–Crippen LogP) is 3.14. The number of hydrogen-bond acceptors (Lipinski definition) is 4. The van der Waals surface area contributed by atoms with Gasteiger partial charge < -0.3 is 10.0 Å². The van der Waals surface area contributed by atoms with E-state index in [1.807, 2.05) is 13.0 Å². The molecule has 0 aromatic carbocycles. The van der Waals surface area contributed by atoms with Gasteiger partial charge in [0.15, 0.2) is 0 Å². The third-order valence-corrected chi connectivity index (χ3v) is 4.23. The maximum atomic E-state index is 9.41. The van der Waals surface area contributed by atoms with E-state index < -0.39 is 0 Å². The van der Waals surface area contributed by atoms with E-state index in [0.29, 0.717) is 0 Å². The fraction of sp³-hybridized carbons (Fsp3) is 0.357. The van der Waals surface area contributed by atoms with Gasteiger partial charge in [0.25, 0.3) is 0 Å². The van der Waals surface area contributed by atoms with Gasteiger partial charge in [-0.2, -0.15) is 0 Å². The smallest absolute Gasteiger partial charge is 0.0717 e. The number of hydrogen-bond donors (Lipinski definition) is 1. The molecule has 3 nitrogen and oxygen atoms in total. The molecule has 0 aliphatic heterocycles. The highest BCUT2D eigenvalue weighted by Gasteiger charge is 2.16. The van der Waals surface area contributed by atoms with Crippen LogP contribution in [0.2, 0.25) is 0 Å². The van der Waals surface area contributed by atoms with Crippen LogP contribution in [0.4, 0.5) is 5.69 Å². The topological polar surface area (TPSA) is 36.4 Å². The molecule has 0 bridgehead atoms. The highest BCUT2D eigenvalue weighted by Crippen LogP contribution is 2.30. The molecular formula is C14H18N2OS. The number of nitrogens with zero attached hydrogens (tertiary/aromatic N) is 2. The van der Waals surface area contributed by atoms with Gasteiger partial charge in [-0.3, -0.25) is 4.98 Å². The maximum absolute atomic E-state index is 9.41. The van der Waals surface area contributed by atoms with Crippen LogP contribution < -0.4 is 4.90 Å². The van der Waals surface area contributed by atoms with Gasteiger partial charge in [0, 0.05) is 35.1 Å². The number of rotatable bonds is 4. The van der Waals surface area contributed by atoms with Crippen molar-refractivity contribution in [2.75, 3.05) is 11.9 Å². The maximum Gasteiger partial charge on any atom is 0.0717 e. The Morgan fingerprint density at radius 1 is 1.50 bits per heavy atom. The van der Waals surface area contributed by atoms with Crippen molar-refractivity contribution in [3.8, 4) is 0 Å². The van der Waals surface area contributed by atoms with Gasteiger partial charge in [-0.15, -0.1) is 11.3 Å². The van der Waals surface area contributed by atoms with Crippen LogP contribution >= 0.6 is 11.3 Å². The first-order valence-corrected chi connectivity index (χ1v) is 6.84. The molecular weight excluding hydrogens is 244 g/mol. The van der Waals surface area contributed by atoms with Crippen molar-refractivity contribution in [3.05, 3.63) is 45.9 Å². The van der Waals surface area contributed by atoms with E-state index in [4.69, 9.17) is 0 Å². The van der Waals surface area contributed by atoms with Crippen molar-refractivity contribution in [2.24, 2.45) is 0 Å². The van der Waals surface area contributed by atoms with E-state index in [1.165, 1.54) is 4.88 Å². The molecule has 0 radical (unpaired) electrons. The van der Waals surface area contributed by atoms with Gasteiger partial charge in [0.05, 0.1) is 12.6 Å². The fourth-order valence-corrected chi connectivity index (χ4v) is 2.78. The highest BCUT2D eigenvalue weighted by molar-refractivity contribution is 7.10. The van der Waals surface area contributed by atoms with Gasteiger partial charge in [-0.05, 0) is 31.4 Å². The summed E-state index contributed by atoms with van der Waals surface area (Å²) in [5.74, 6) is 0. The molecule has 2 aromatic rings. The van der Waals surface area contributed by atoms with Crippen LogP contribution in [-0.4, -0.2) is 17.1 Å². The number of pyridine rings is 1. The molecule has 0 aliphatic rings. The Morgan fingerprint density at radius 3 is 2.89 bits per heavy atom. The van der Waals surface area contributed by atoms with Crippen molar-refractivity contribution in [3.63, 3.8) is 0 Å². The third kappa shape index (κ3) is 2.54. The van der Waals surface area contributed by atoms with E-state index in [1.54, 1.807) is 17.5 Å². The van der Waals surface area contributed by atoms with Crippen LogP contribution in [0.3, 0.4) is 0 Å². The van der Waals surface area contributed by atoms with Crippen LogP contribution in [0.25, 0.3) is 0 Å². The lowest BCUT2D eigenvalue weighted by Gasteiger charge is -2.28. The van der Waals surface area contributed by atoms with E-state index in [2.05, 4.69) is 41.4 Å². The highest BCUT2D eigenvalue weighted by atomic mass is 32.1. The van der Waals surface area contributed by atoms with Crippen molar-refractivity contribution in [1.82, 2.24) is 4.98 Å². The summed E-state index contributed by atoms with van der Waals surface area (Å²) < 4.78 is 0. The normalized spacial score (nSPS) is 12.4. The predicted molar refractivity (Wildman–Crippen MR) is 76.0 cm³/mol. The molecule has 0 fully saturated rings. The van der Waals surface area contributed by atoms with Gasteiger partial charge >= 0.3 is 0 Å². The van der Waals surface area contributed by atoms with E-state index in [9.17, 15) is 5.11 Å². The van der Waals surface area contributed by atoms with Gasteiger partial charge in [0.2, 0.25) is 0 Å². The Bertz CT molecular complexity index is 511. The number of aliphatic hydroxyl groups excluding tert-OH is 1. The van der Waals surface area contributed by atoms with Crippen LogP contribution in [0.1, 0.15) is 29.1 Å². The number of aryl methyl sites for hydroxylation is 1. The standard InChI is InChI=1S/C14H18N2OS/c1-10-7-13(12(9-17)8-15-10)16(3)11(2)14-5-4-6-18-14/h4-8,11,17H,9H2,1-3H3. The zero-order chi connectivity index (χ0) is 13.1. The van der Waals surface area contributed by atoms with Crippen molar-refractivity contribution in [2.45, 2.75) is 26.5 Å². The molecule has 4 heteroatoms. The van der Waals surface area contributed by atoms with E-state index >= 15 is 0 Å². The molecule has 1 N–H and O–H groups in total. The van der Waals surface area contributed by atoms with Crippen molar-refractivity contribution < 1.29 is 5.11 Å². The molecule has 1 atom stereocenters. The average molecular weight is 262 g/mol. The second kappa shape index (κ2) is 5.50. The molecule has 0 aliphatic carbocycles. The van der Waals surface area contributed by atoms with Crippen LogP contribution in [0.5, 0.6) is 0 Å². The fourth-order valence-electron chi connectivity index (χ4n) is 1.95. The first-order valence-electron chi connectivity index (χ1n) is 5.96. The first kappa shape index (κ1) is 13.1. The second-order valence-corrected chi connectivity index (χ2v) is 5.39. The number of anilines is 1. The van der Waals surface area contributed by atoms with Crippen LogP contribution in [0, 0.1) is 6.92 Å². The van der Waals surface area contributed by atoms with Gasteiger partial charge in [0.1, 0.15) is 0 Å². The Morgan fingerprint density at radius 2 is 2.28 bits per heavy atom. The van der Waals surface area contributed by atoms with Crippen LogP contribution in [0.15, 0.2) is 29.8 Å². The minimum Gasteiger partial charge on any atom is -0.392 e. The number of aromatic nitrogens is 1.